The third-order valence-electron chi connectivity index (χ3n) is 2.03. The first-order valence-electron chi connectivity index (χ1n) is 4.33. The van der Waals surface area contributed by atoms with Gasteiger partial charge >= 0.3 is 0 Å². The van der Waals surface area contributed by atoms with Crippen molar-refractivity contribution in [2.24, 2.45) is 5.14 Å². The van der Waals surface area contributed by atoms with Gasteiger partial charge in [-0.15, -0.1) is 0 Å². The molecule has 1 aromatic heterocycles. The van der Waals surface area contributed by atoms with Gasteiger partial charge < -0.3 is 4.98 Å². The number of aromatic amines is 1. The first kappa shape index (κ1) is 9.95. The quantitative estimate of drug-likeness (QED) is 0.806. The molecule has 4 nitrogen and oxygen atoms in total. The number of rotatable bonds is 2. The Labute approximate surface area is 87.5 Å². The summed E-state index contributed by atoms with van der Waals surface area (Å²) in [5.41, 5.74) is 1.82. The molecule has 0 aliphatic carbocycles. The Balaban J connectivity index is 2.41. The molecule has 0 unspecified atom stereocenters. The Morgan fingerprint density at radius 3 is 2.80 bits per heavy atom. The van der Waals surface area contributed by atoms with Crippen molar-refractivity contribution in [3.05, 3.63) is 41.4 Å². The van der Waals surface area contributed by atoms with Crippen LogP contribution in [-0.2, 0) is 10.0 Å². The summed E-state index contributed by atoms with van der Waals surface area (Å²) in [6.45, 7) is 0. The van der Waals surface area contributed by atoms with Crippen molar-refractivity contribution >= 4 is 27.0 Å². The maximum atomic E-state index is 10.7. The van der Waals surface area contributed by atoms with Gasteiger partial charge in [0.25, 0.3) is 0 Å². The van der Waals surface area contributed by atoms with E-state index in [9.17, 15) is 8.42 Å². The summed E-state index contributed by atoms with van der Waals surface area (Å²) in [4.78, 5) is 3.05. The fourth-order valence-corrected chi connectivity index (χ4v) is 1.70. The minimum absolute atomic E-state index is 0.802. The Morgan fingerprint density at radius 1 is 1.27 bits per heavy atom. The van der Waals surface area contributed by atoms with Gasteiger partial charge in [0.15, 0.2) is 0 Å². The zero-order chi connectivity index (χ0) is 10.9. The van der Waals surface area contributed by atoms with E-state index in [1.165, 1.54) is 6.08 Å². The van der Waals surface area contributed by atoms with E-state index in [0.717, 1.165) is 21.9 Å². The number of fused-ring (bicyclic) bond motifs is 1. The molecule has 2 rings (SSSR count). The van der Waals surface area contributed by atoms with E-state index in [1.54, 1.807) is 0 Å². The fraction of sp³-hybridized carbons (Fsp3) is 0. The SMILES string of the molecule is NS(=O)(=O)C=Cc1ccc2[nH]ccc2c1. The summed E-state index contributed by atoms with van der Waals surface area (Å²) in [6.07, 6.45) is 3.31. The average Bonchev–Trinajstić information content (AvgIpc) is 2.60. The van der Waals surface area contributed by atoms with E-state index >= 15 is 0 Å². The van der Waals surface area contributed by atoms with E-state index < -0.39 is 10.0 Å². The number of nitrogens with one attached hydrogen (secondary N) is 1. The monoisotopic (exact) mass is 222 g/mol. The van der Waals surface area contributed by atoms with Crippen LogP contribution in [0.1, 0.15) is 5.56 Å². The maximum absolute atomic E-state index is 10.7. The number of benzene rings is 1. The van der Waals surface area contributed by atoms with Crippen LogP contribution < -0.4 is 5.14 Å². The topological polar surface area (TPSA) is 76.0 Å². The lowest BCUT2D eigenvalue weighted by Gasteiger charge is -1.94. The summed E-state index contributed by atoms with van der Waals surface area (Å²) in [5, 5.41) is 6.88. The second-order valence-electron chi connectivity index (χ2n) is 3.22. The first-order chi connectivity index (χ1) is 7.04. The third-order valence-corrected chi connectivity index (χ3v) is 2.54. The molecule has 0 saturated heterocycles. The second kappa shape index (κ2) is 3.52. The molecule has 1 aromatic carbocycles. The molecule has 78 valence electrons. The van der Waals surface area contributed by atoms with Gasteiger partial charge in [-0.2, -0.15) is 0 Å². The molecule has 1 heterocycles. The van der Waals surface area contributed by atoms with Crippen molar-refractivity contribution in [1.29, 1.82) is 0 Å². The molecule has 15 heavy (non-hydrogen) atoms. The average molecular weight is 222 g/mol. The second-order valence-corrected chi connectivity index (χ2v) is 4.67. The zero-order valence-electron chi connectivity index (χ0n) is 7.84. The van der Waals surface area contributed by atoms with Gasteiger partial charge in [-0.05, 0) is 35.2 Å². The predicted octanol–water partition coefficient (Wildman–Crippen LogP) is 1.43. The molecular formula is C10H10N2O2S. The highest BCUT2D eigenvalue weighted by Gasteiger charge is 1.96. The molecule has 0 aliphatic heterocycles. The summed E-state index contributed by atoms with van der Waals surface area (Å²) in [5.74, 6) is 0. The largest absolute Gasteiger partial charge is 0.361 e. The van der Waals surface area contributed by atoms with Crippen molar-refractivity contribution in [3.8, 4) is 0 Å². The van der Waals surface area contributed by atoms with Gasteiger partial charge in [-0.3, -0.25) is 0 Å². The lowest BCUT2D eigenvalue weighted by Crippen LogP contribution is -2.06. The molecule has 3 N–H and O–H groups in total. The molecule has 0 atom stereocenters. The maximum Gasteiger partial charge on any atom is 0.231 e. The number of hydrogen-bond donors (Lipinski definition) is 2. The zero-order valence-corrected chi connectivity index (χ0v) is 8.66. The van der Waals surface area contributed by atoms with E-state index in [0.29, 0.717) is 0 Å². The number of nitrogens with two attached hydrogens (primary N) is 1. The normalized spacial score (nSPS) is 12.6. The van der Waals surface area contributed by atoms with Crippen LogP contribution in [0.2, 0.25) is 0 Å². The van der Waals surface area contributed by atoms with E-state index in [4.69, 9.17) is 5.14 Å². The summed E-state index contributed by atoms with van der Waals surface area (Å²) in [6, 6.07) is 7.51. The van der Waals surface area contributed by atoms with Gasteiger partial charge in [0.2, 0.25) is 10.0 Å². The smallest absolute Gasteiger partial charge is 0.231 e. The van der Waals surface area contributed by atoms with Crippen LogP contribution in [0.3, 0.4) is 0 Å². The number of sulfonamides is 1. The molecule has 0 fully saturated rings. The first-order valence-corrected chi connectivity index (χ1v) is 5.93. The van der Waals surface area contributed by atoms with E-state index in [1.807, 2.05) is 30.5 Å². The Morgan fingerprint density at radius 2 is 2.07 bits per heavy atom. The van der Waals surface area contributed by atoms with Crippen molar-refractivity contribution < 1.29 is 8.42 Å². The van der Waals surface area contributed by atoms with Crippen LogP contribution in [-0.4, -0.2) is 13.4 Å². The third kappa shape index (κ3) is 2.45. The number of H-pyrrole nitrogens is 1. The van der Waals surface area contributed by atoms with Crippen LogP contribution in [0.15, 0.2) is 35.9 Å². The minimum Gasteiger partial charge on any atom is -0.361 e. The van der Waals surface area contributed by atoms with E-state index in [-0.39, 0.29) is 0 Å². The van der Waals surface area contributed by atoms with Gasteiger partial charge in [0, 0.05) is 17.1 Å². The molecule has 0 radical (unpaired) electrons. The van der Waals surface area contributed by atoms with Crippen molar-refractivity contribution in [2.45, 2.75) is 0 Å². The standard InChI is InChI=1S/C10H10N2O2S/c11-15(13,14)6-4-8-1-2-10-9(7-8)3-5-12-10/h1-7,12H,(H2,11,13,14). The highest BCUT2D eigenvalue weighted by Crippen LogP contribution is 2.15. The molecule has 5 heteroatoms. The van der Waals surface area contributed by atoms with Crippen molar-refractivity contribution in [2.75, 3.05) is 0 Å². The number of primary sulfonamides is 1. The summed E-state index contributed by atoms with van der Waals surface area (Å²) in [7, 11) is -3.55. The Bertz CT molecular complexity index is 611. The Hall–Kier alpha value is -1.59. The minimum atomic E-state index is -3.55. The Kier molecular flexibility index (Phi) is 2.34. The van der Waals surface area contributed by atoms with Crippen molar-refractivity contribution in [3.63, 3.8) is 0 Å². The van der Waals surface area contributed by atoms with Crippen LogP contribution in [0.4, 0.5) is 0 Å². The van der Waals surface area contributed by atoms with Gasteiger partial charge in [0.1, 0.15) is 0 Å². The van der Waals surface area contributed by atoms with Crippen LogP contribution >= 0.6 is 0 Å². The van der Waals surface area contributed by atoms with Gasteiger partial charge in [-0.1, -0.05) is 6.07 Å². The molecule has 0 saturated carbocycles. The lowest BCUT2D eigenvalue weighted by atomic mass is 10.1. The van der Waals surface area contributed by atoms with Crippen molar-refractivity contribution in [1.82, 2.24) is 4.98 Å². The summed E-state index contributed by atoms with van der Waals surface area (Å²) < 4.78 is 21.4. The summed E-state index contributed by atoms with van der Waals surface area (Å²) >= 11 is 0. The van der Waals surface area contributed by atoms with Gasteiger partial charge in [-0.25, -0.2) is 13.6 Å². The van der Waals surface area contributed by atoms with Crippen LogP contribution in [0.5, 0.6) is 0 Å². The number of hydrogen-bond acceptors (Lipinski definition) is 2. The molecule has 0 amide bonds. The van der Waals surface area contributed by atoms with E-state index in [2.05, 4.69) is 4.98 Å². The van der Waals surface area contributed by atoms with Crippen LogP contribution in [0, 0.1) is 0 Å². The highest BCUT2D eigenvalue weighted by molar-refractivity contribution is 7.92. The molecular weight excluding hydrogens is 212 g/mol. The molecule has 0 spiro atoms. The van der Waals surface area contributed by atoms with Crippen LogP contribution in [0.25, 0.3) is 17.0 Å². The fourth-order valence-electron chi connectivity index (χ4n) is 1.35. The lowest BCUT2D eigenvalue weighted by molar-refractivity contribution is 0.606. The number of aromatic nitrogens is 1. The predicted molar refractivity (Wildman–Crippen MR) is 60.4 cm³/mol. The molecule has 0 aliphatic rings. The van der Waals surface area contributed by atoms with Gasteiger partial charge in [0.05, 0.1) is 0 Å². The molecule has 2 aromatic rings. The highest BCUT2D eigenvalue weighted by atomic mass is 32.2. The molecule has 0 bridgehead atoms.